The smallest absolute Gasteiger partial charge is 0.251 e. The lowest BCUT2D eigenvalue weighted by Gasteiger charge is -2.04. The maximum atomic E-state index is 11.9. The highest BCUT2D eigenvalue weighted by molar-refractivity contribution is 7.09. The van der Waals surface area contributed by atoms with E-state index in [1.807, 2.05) is 23.6 Å². The highest BCUT2D eigenvalue weighted by Crippen LogP contribution is 2.08. The van der Waals surface area contributed by atoms with Crippen LogP contribution >= 0.6 is 11.3 Å². The number of benzene rings is 1. The van der Waals surface area contributed by atoms with E-state index in [0.29, 0.717) is 18.7 Å². The van der Waals surface area contributed by atoms with Crippen molar-refractivity contribution in [1.82, 2.24) is 5.32 Å². The summed E-state index contributed by atoms with van der Waals surface area (Å²) in [5.41, 5.74) is 6.83. The summed E-state index contributed by atoms with van der Waals surface area (Å²) in [6.07, 6.45) is 0.865. The van der Waals surface area contributed by atoms with Crippen LogP contribution < -0.4 is 11.1 Å². The Kier molecular flexibility index (Phi) is 5.36. The molecule has 0 fully saturated rings. The summed E-state index contributed by atoms with van der Waals surface area (Å²) < 4.78 is 0. The quantitative estimate of drug-likeness (QED) is 0.844. The second-order valence-corrected chi connectivity index (χ2v) is 5.20. The summed E-state index contributed by atoms with van der Waals surface area (Å²) in [6.45, 7) is 0.985. The Hall–Kier alpha value is -2.09. The number of hydrogen-bond donors (Lipinski definition) is 2. The molecule has 2 rings (SSSR count). The summed E-state index contributed by atoms with van der Waals surface area (Å²) >= 11 is 1.70. The summed E-state index contributed by atoms with van der Waals surface area (Å²) in [4.78, 5) is 13.2. The first-order valence-corrected chi connectivity index (χ1v) is 7.27. The highest BCUT2D eigenvalue weighted by Gasteiger charge is 2.04. The number of nitrogens with one attached hydrogen (secondary N) is 1. The van der Waals surface area contributed by atoms with Crippen LogP contribution in [0.15, 0.2) is 41.8 Å². The van der Waals surface area contributed by atoms with Gasteiger partial charge in [0.2, 0.25) is 0 Å². The van der Waals surface area contributed by atoms with Crippen molar-refractivity contribution < 1.29 is 4.79 Å². The Morgan fingerprint density at radius 2 is 2.05 bits per heavy atom. The number of carbonyl (C=O) groups excluding carboxylic acids is 1. The third-order valence-corrected chi connectivity index (χ3v) is 3.66. The van der Waals surface area contributed by atoms with E-state index in [-0.39, 0.29) is 5.91 Å². The third-order valence-electron chi connectivity index (χ3n) is 2.72. The van der Waals surface area contributed by atoms with Crippen LogP contribution in [0.5, 0.6) is 0 Å². The molecule has 0 spiro atoms. The van der Waals surface area contributed by atoms with E-state index in [9.17, 15) is 4.79 Å². The minimum absolute atomic E-state index is 0.0557. The van der Waals surface area contributed by atoms with Crippen molar-refractivity contribution in [2.45, 2.75) is 6.42 Å². The van der Waals surface area contributed by atoms with E-state index >= 15 is 0 Å². The van der Waals surface area contributed by atoms with Crippen molar-refractivity contribution in [2.24, 2.45) is 5.73 Å². The average molecular weight is 284 g/mol. The van der Waals surface area contributed by atoms with E-state index in [1.54, 1.807) is 23.5 Å². The van der Waals surface area contributed by atoms with E-state index < -0.39 is 0 Å². The fourth-order valence-electron chi connectivity index (χ4n) is 1.71. The molecule has 2 aromatic rings. The second kappa shape index (κ2) is 7.49. The molecule has 0 saturated heterocycles. The zero-order chi connectivity index (χ0) is 14.2. The zero-order valence-corrected chi connectivity index (χ0v) is 11.9. The fraction of sp³-hybridized carbons (Fsp3) is 0.188. The number of nitrogens with two attached hydrogens (primary N) is 1. The first-order valence-electron chi connectivity index (χ1n) is 6.39. The molecule has 1 aromatic heterocycles. The van der Waals surface area contributed by atoms with Gasteiger partial charge in [-0.15, -0.1) is 11.3 Å². The van der Waals surface area contributed by atoms with Crippen molar-refractivity contribution in [3.8, 4) is 11.8 Å². The van der Waals surface area contributed by atoms with Gasteiger partial charge in [-0.1, -0.05) is 17.9 Å². The first-order chi connectivity index (χ1) is 9.79. The first kappa shape index (κ1) is 14.3. The molecular weight excluding hydrogens is 268 g/mol. The maximum Gasteiger partial charge on any atom is 0.251 e. The predicted octanol–water partition coefficient (Wildman–Crippen LogP) is 2.03. The van der Waals surface area contributed by atoms with Gasteiger partial charge in [0.25, 0.3) is 5.91 Å². The van der Waals surface area contributed by atoms with Crippen LogP contribution in [0.25, 0.3) is 0 Å². The van der Waals surface area contributed by atoms with Crippen LogP contribution in [0.4, 0.5) is 0 Å². The van der Waals surface area contributed by atoms with Gasteiger partial charge in [0.1, 0.15) is 0 Å². The van der Waals surface area contributed by atoms with Crippen LogP contribution in [0.1, 0.15) is 20.8 Å². The van der Waals surface area contributed by atoms with Crippen molar-refractivity contribution in [3.05, 3.63) is 57.8 Å². The lowest BCUT2D eigenvalue weighted by Crippen LogP contribution is -2.25. The number of hydrogen-bond acceptors (Lipinski definition) is 3. The molecule has 0 bridgehead atoms. The molecule has 3 nitrogen and oxygen atoms in total. The molecule has 3 N–H and O–H groups in total. The molecule has 0 aliphatic heterocycles. The molecule has 0 saturated carbocycles. The van der Waals surface area contributed by atoms with Gasteiger partial charge in [-0.25, -0.2) is 0 Å². The molecule has 1 amide bonds. The van der Waals surface area contributed by atoms with Gasteiger partial charge in [0.05, 0.1) is 6.54 Å². The second-order valence-electron chi connectivity index (χ2n) is 4.17. The summed E-state index contributed by atoms with van der Waals surface area (Å²) in [5.74, 6) is 5.65. The van der Waals surface area contributed by atoms with Crippen molar-refractivity contribution in [1.29, 1.82) is 0 Å². The Morgan fingerprint density at radius 3 is 2.70 bits per heavy atom. The minimum Gasteiger partial charge on any atom is -0.352 e. The van der Waals surface area contributed by atoms with Crippen LogP contribution in [-0.2, 0) is 6.42 Å². The largest absolute Gasteiger partial charge is 0.352 e. The summed E-state index contributed by atoms with van der Waals surface area (Å²) in [6, 6.07) is 11.3. The monoisotopic (exact) mass is 284 g/mol. The Balaban J connectivity index is 1.85. The lowest BCUT2D eigenvalue weighted by molar-refractivity contribution is 0.0954. The number of amides is 1. The van der Waals surface area contributed by atoms with Crippen LogP contribution in [0.2, 0.25) is 0 Å². The van der Waals surface area contributed by atoms with Crippen LogP contribution in [0.3, 0.4) is 0 Å². The van der Waals surface area contributed by atoms with Gasteiger partial charge >= 0.3 is 0 Å². The molecule has 1 aromatic carbocycles. The topological polar surface area (TPSA) is 55.1 Å². The summed E-state index contributed by atoms with van der Waals surface area (Å²) in [5, 5.41) is 4.95. The van der Waals surface area contributed by atoms with Crippen molar-refractivity contribution in [3.63, 3.8) is 0 Å². The maximum absolute atomic E-state index is 11.9. The van der Waals surface area contributed by atoms with E-state index in [1.165, 1.54) is 4.88 Å². The molecular formula is C16H16N2OS. The lowest BCUT2D eigenvalue weighted by atomic mass is 10.1. The van der Waals surface area contributed by atoms with Crippen molar-refractivity contribution in [2.75, 3.05) is 13.1 Å². The molecule has 0 atom stereocenters. The van der Waals surface area contributed by atoms with E-state index in [0.717, 1.165) is 12.0 Å². The predicted molar refractivity (Wildman–Crippen MR) is 82.7 cm³/mol. The van der Waals surface area contributed by atoms with Gasteiger partial charge in [0, 0.05) is 22.5 Å². The van der Waals surface area contributed by atoms with Gasteiger partial charge in [-0.3, -0.25) is 4.79 Å². The van der Waals surface area contributed by atoms with E-state index in [4.69, 9.17) is 5.73 Å². The molecule has 0 aliphatic rings. The van der Waals surface area contributed by atoms with Crippen LogP contribution in [-0.4, -0.2) is 19.0 Å². The van der Waals surface area contributed by atoms with Gasteiger partial charge in [-0.2, -0.15) is 0 Å². The van der Waals surface area contributed by atoms with Gasteiger partial charge < -0.3 is 11.1 Å². The summed E-state index contributed by atoms with van der Waals surface area (Å²) in [7, 11) is 0. The molecule has 102 valence electrons. The SMILES string of the molecule is NCC#Cc1ccc(C(=O)NCCc2cccs2)cc1. The Morgan fingerprint density at radius 1 is 1.25 bits per heavy atom. The molecule has 20 heavy (non-hydrogen) atoms. The zero-order valence-electron chi connectivity index (χ0n) is 11.1. The van der Waals surface area contributed by atoms with Crippen molar-refractivity contribution >= 4 is 17.2 Å². The highest BCUT2D eigenvalue weighted by atomic mass is 32.1. The molecule has 0 aliphatic carbocycles. The standard InChI is InChI=1S/C16H16N2OS/c17-10-1-3-13-5-7-14(8-6-13)16(19)18-11-9-15-4-2-12-20-15/h2,4-8,12H,9-11,17H2,(H,18,19). The molecule has 1 heterocycles. The molecule has 0 unspecified atom stereocenters. The van der Waals surface area contributed by atoms with Gasteiger partial charge in [-0.05, 0) is 42.1 Å². The number of thiophene rings is 1. The molecule has 0 radical (unpaired) electrons. The molecule has 4 heteroatoms. The number of rotatable bonds is 4. The van der Waals surface area contributed by atoms with Gasteiger partial charge in [0.15, 0.2) is 0 Å². The third kappa shape index (κ3) is 4.23. The Labute approximate surface area is 122 Å². The van der Waals surface area contributed by atoms with E-state index in [2.05, 4.69) is 23.2 Å². The van der Waals surface area contributed by atoms with Crippen LogP contribution in [0, 0.1) is 11.8 Å². The normalized spacial score (nSPS) is 9.65. The average Bonchev–Trinajstić information content (AvgIpc) is 2.99. The number of carbonyl (C=O) groups is 1. The fourth-order valence-corrected chi connectivity index (χ4v) is 2.42. The minimum atomic E-state index is -0.0557. The Bertz CT molecular complexity index is 606.